The Morgan fingerprint density at radius 2 is 1.79 bits per heavy atom. The molecule has 0 aliphatic carbocycles. The number of benzene rings is 2. The first-order valence-electron chi connectivity index (χ1n) is 5.39. The van der Waals surface area contributed by atoms with Gasteiger partial charge in [-0.3, -0.25) is 0 Å². The van der Waals surface area contributed by atoms with Crippen LogP contribution in [0.25, 0.3) is 0 Å². The number of phenols is 1. The molecule has 0 heterocycles. The molecule has 0 atom stereocenters. The minimum atomic E-state index is -3.95. The lowest BCUT2D eigenvalue weighted by Crippen LogP contribution is -2.12. The molecule has 6 heteroatoms. The number of aryl methyl sites for hydroxylation is 1. The van der Waals surface area contributed by atoms with Crippen molar-refractivity contribution >= 4 is 32.7 Å². The SMILES string of the molecule is Cc1ccccc1S(=O)(=O)Oc1c(O)cccc1I. The summed E-state index contributed by atoms with van der Waals surface area (Å²) >= 11 is 1.90. The van der Waals surface area contributed by atoms with Crippen molar-refractivity contribution in [2.45, 2.75) is 11.8 Å². The van der Waals surface area contributed by atoms with Gasteiger partial charge in [0.15, 0.2) is 11.5 Å². The second kappa shape index (κ2) is 5.38. The fraction of sp³-hybridized carbons (Fsp3) is 0.0769. The predicted octanol–water partition coefficient (Wildman–Crippen LogP) is 3.07. The van der Waals surface area contributed by atoms with E-state index in [0.717, 1.165) is 0 Å². The van der Waals surface area contributed by atoms with Crippen LogP contribution in [0.2, 0.25) is 0 Å². The van der Waals surface area contributed by atoms with Gasteiger partial charge in [0.1, 0.15) is 4.90 Å². The van der Waals surface area contributed by atoms with Crippen LogP contribution in [-0.2, 0) is 10.1 Å². The molecule has 2 aromatic carbocycles. The maximum atomic E-state index is 12.2. The molecule has 19 heavy (non-hydrogen) atoms. The molecule has 0 radical (unpaired) electrons. The molecular weight excluding hydrogens is 379 g/mol. The lowest BCUT2D eigenvalue weighted by Gasteiger charge is -2.11. The van der Waals surface area contributed by atoms with Crippen LogP contribution in [0.15, 0.2) is 47.4 Å². The second-order valence-electron chi connectivity index (χ2n) is 3.89. The van der Waals surface area contributed by atoms with Crippen LogP contribution in [0.3, 0.4) is 0 Å². The lowest BCUT2D eigenvalue weighted by molar-refractivity contribution is 0.426. The molecule has 0 fully saturated rings. The van der Waals surface area contributed by atoms with Crippen LogP contribution in [0.4, 0.5) is 0 Å². The highest BCUT2D eigenvalue weighted by Crippen LogP contribution is 2.33. The van der Waals surface area contributed by atoms with E-state index < -0.39 is 10.1 Å². The summed E-state index contributed by atoms with van der Waals surface area (Å²) in [6, 6.07) is 11.2. The van der Waals surface area contributed by atoms with E-state index in [4.69, 9.17) is 4.18 Å². The van der Waals surface area contributed by atoms with Crippen LogP contribution in [-0.4, -0.2) is 13.5 Å². The van der Waals surface area contributed by atoms with E-state index in [9.17, 15) is 13.5 Å². The maximum Gasteiger partial charge on any atom is 0.339 e. The number of hydrogen-bond acceptors (Lipinski definition) is 4. The summed E-state index contributed by atoms with van der Waals surface area (Å²) in [5, 5.41) is 9.68. The molecule has 0 aliphatic heterocycles. The molecular formula is C13H11IO4S. The summed E-state index contributed by atoms with van der Waals surface area (Å²) in [6.45, 7) is 1.69. The Morgan fingerprint density at radius 1 is 1.11 bits per heavy atom. The van der Waals surface area contributed by atoms with Gasteiger partial charge < -0.3 is 9.29 Å². The summed E-state index contributed by atoms with van der Waals surface area (Å²) in [4.78, 5) is 0.0917. The average molecular weight is 390 g/mol. The molecule has 1 N–H and O–H groups in total. The highest BCUT2D eigenvalue weighted by molar-refractivity contribution is 14.1. The van der Waals surface area contributed by atoms with Crippen molar-refractivity contribution < 1.29 is 17.7 Å². The first-order chi connectivity index (χ1) is 8.92. The zero-order valence-electron chi connectivity index (χ0n) is 10.00. The Bertz CT molecular complexity index is 690. The topological polar surface area (TPSA) is 63.6 Å². The minimum absolute atomic E-state index is 0.0497. The van der Waals surface area contributed by atoms with E-state index in [1.165, 1.54) is 12.1 Å². The number of hydrogen-bond donors (Lipinski definition) is 1. The normalized spacial score (nSPS) is 11.3. The average Bonchev–Trinajstić information content (AvgIpc) is 2.34. The standard InChI is InChI=1S/C13H11IO4S/c1-9-5-2-3-8-12(9)19(16,17)18-13-10(14)6-4-7-11(13)15/h2-8,15H,1H3. The third-order valence-corrected chi connectivity index (χ3v) is 4.73. The zero-order chi connectivity index (χ0) is 14.0. The molecule has 0 aliphatic rings. The van der Waals surface area contributed by atoms with E-state index >= 15 is 0 Å². The van der Waals surface area contributed by atoms with Crippen molar-refractivity contribution in [1.82, 2.24) is 0 Å². The number of rotatable bonds is 3. The summed E-state index contributed by atoms with van der Waals surface area (Å²) in [5.74, 6) is -0.254. The first-order valence-corrected chi connectivity index (χ1v) is 7.88. The molecule has 0 bridgehead atoms. The highest BCUT2D eigenvalue weighted by atomic mass is 127. The van der Waals surface area contributed by atoms with Gasteiger partial charge in [0, 0.05) is 0 Å². The zero-order valence-corrected chi connectivity index (χ0v) is 13.0. The van der Waals surface area contributed by atoms with Gasteiger partial charge in [0.05, 0.1) is 3.57 Å². The van der Waals surface area contributed by atoms with E-state index in [0.29, 0.717) is 9.13 Å². The Morgan fingerprint density at radius 3 is 2.42 bits per heavy atom. The molecule has 0 unspecified atom stereocenters. The number of para-hydroxylation sites is 1. The number of halogens is 1. The molecule has 0 saturated carbocycles. The summed E-state index contributed by atoms with van der Waals surface area (Å²) < 4.78 is 29.9. The fourth-order valence-corrected chi connectivity index (χ4v) is 3.51. The molecule has 4 nitrogen and oxygen atoms in total. The molecule has 0 saturated heterocycles. The van der Waals surface area contributed by atoms with Gasteiger partial charge in [-0.2, -0.15) is 8.42 Å². The molecule has 0 aromatic heterocycles. The third-order valence-electron chi connectivity index (χ3n) is 2.50. The molecule has 0 amide bonds. The molecule has 100 valence electrons. The Kier molecular flexibility index (Phi) is 4.00. The minimum Gasteiger partial charge on any atom is -0.504 e. The predicted molar refractivity (Wildman–Crippen MR) is 79.8 cm³/mol. The Balaban J connectivity index is 2.46. The van der Waals surface area contributed by atoms with Crippen LogP contribution in [0.5, 0.6) is 11.5 Å². The van der Waals surface area contributed by atoms with Crippen molar-refractivity contribution in [3.8, 4) is 11.5 Å². The van der Waals surface area contributed by atoms with E-state index in [-0.39, 0.29) is 16.4 Å². The van der Waals surface area contributed by atoms with Crippen molar-refractivity contribution in [1.29, 1.82) is 0 Å². The van der Waals surface area contributed by atoms with Crippen molar-refractivity contribution in [2.24, 2.45) is 0 Å². The summed E-state index contributed by atoms with van der Waals surface area (Å²) in [7, 11) is -3.95. The van der Waals surface area contributed by atoms with Crippen LogP contribution < -0.4 is 4.18 Å². The fourth-order valence-electron chi connectivity index (χ4n) is 1.57. The monoisotopic (exact) mass is 390 g/mol. The van der Waals surface area contributed by atoms with E-state index in [1.54, 1.807) is 37.3 Å². The Labute approximate surface area is 125 Å². The number of aromatic hydroxyl groups is 1. The van der Waals surface area contributed by atoms with Crippen LogP contribution in [0, 0.1) is 10.5 Å². The van der Waals surface area contributed by atoms with Crippen LogP contribution in [0.1, 0.15) is 5.56 Å². The van der Waals surface area contributed by atoms with Crippen molar-refractivity contribution in [3.63, 3.8) is 0 Å². The Hall–Kier alpha value is -1.28. The lowest BCUT2D eigenvalue weighted by atomic mass is 10.2. The molecule has 2 aromatic rings. The van der Waals surface area contributed by atoms with Crippen LogP contribution >= 0.6 is 22.6 Å². The van der Waals surface area contributed by atoms with Gasteiger partial charge in [-0.15, -0.1) is 0 Å². The van der Waals surface area contributed by atoms with Gasteiger partial charge >= 0.3 is 10.1 Å². The van der Waals surface area contributed by atoms with Gasteiger partial charge in [0.2, 0.25) is 0 Å². The third kappa shape index (κ3) is 3.01. The smallest absolute Gasteiger partial charge is 0.339 e. The summed E-state index contributed by atoms with van der Waals surface area (Å²) in [6.07, 6.45) is 0. The summed E-state index contributed by atoms with van der Waals surface area (Å²) in [5.41, 5.74) is 0.591. The van der Waals surface area contributed by atoms with Gasteiger partial charge in [0.25, 0.3) is 0 Å². The van der Waals surface area contributed by atoms with Crippen molar-refractivity contribution in [2.75, 3.05) is 0 Å². The quantitative estimate of drug-likeness (QED) is 0.647. The van der Waals surface area contributed by atoms with Gasteiger partial charge in [-0.25, -0.2) is 0 Å². The molecule has 0 spiro atoms. The second-order valence-corrected chi connectivity index (χ2v) is 6.57. The largest absolute Gasteiger partial charge is 0.504 e. The van der Waals surface area contributed by atoms with Gasteiger partial charge in [-0.05, 0) is 53.3 Å². The first kappa shape index (κ1) is 14.1. The van der Waals surface area contributed by atoms with Crippen molar-refractivity contribution in [3.05, 3.63) is 51.6 Å². The molecule has 2 rings (SSSR count). The maximum absolute atomic E-state index is 12.2. The van der Waals surface area contributed by atoms with E-state index in [2.05, 4.69) is 0 Å². The number of phenolic OH excluding ortho intramolecular Hbond substituents is 1. The van der Waals surface area contributed by atoms with E-state index in [1.807, 2.05) is 22.6 Å². The highest BCUT2D eigenvalue weighted by Gasteiger charge is 2.21. The van der Waals surface area contributed by atoms with Gasteiger partial charge in [-0.1, -0.05) is 24.3 Å².